The van der Waals surface area contributed by atoms with Crippen LogP contribution in [0, 0.1) is 11.8 Å². The molecule has 1 N–H and O–H groups in total. The van der Waals surface area contributed by atoms with Crippen molar-refractivity contribution in [2.24, 2.45) is 11.8 Å². The normalized spacial score (nSPS) is 50.5. The summed E-state index contributed by atoms with van der Waals surface area (Å²) in [5.74, 6) is 1.71. The highest BCUT2D eigenvalue weighted by atomic mass is 16.5. The predicted octanol–water partition coefficient (Wildman–Crippen LogP) is 1.80. The Hall–Kier alpha value is -0.0800. The summed E-state index contributed by atoms with van der Waals surface area (Å²) in [5.41, 5.74) is 0.172. The van der Waals surface area contributed by atoms with Gasteiger partial charge in [-0.2, -0.15) is 0 Å². The molecular weight excluding hydrogens is 162 g/mol. The number of rotatable bonds is 2. The van der Waals surface area contributed by atoms with E-state index in [1.807, 2.05) is 0 Å². The van der Waals surface area contributed by atoms with Crippen molar-refractivity contribution >= 4 is 0 Å². The monoisotopic (exact) mass is 183 g/mol. The first kappa shape index (κ1) is 9.47. The summed E-state index contributed by atoms with van der Waals surface area (Å²) >= 11 is 0. The average Bonchev–Trinajstić information content (AvgIpc) is 2.83. The Labute approximate surface area is 81.0 Å². The maximum atomic E-state index is 5.95. The van der Waals surface area contributed by atoms with Gasteiger partial charge in [-0.15, -0.1) is 0 Å². The number of hydrogen-bond donors (Lipinski definition) is 1. The Morgan fingerprint density at radius 3 is 2.69 bits per heavy atom. The minimum Gasteiger partial charge on any atom is -0.375 e. The molecule has 0 aromatic rings. The number of nitrogens with one attached hydrogen (secondary N) is 1. The van der Waals surface area contributed by atoms with Crippen LogP contribution in [0.3, 0.4) is 0 Å². The van der Waals surface area contributed by atoms with Crippen LogP contribution in [0.15, 0.2) is 0 Å². The van der Waals surface area contributed by atoms with Gasteiger partial charge < -0.3 is 10.1 Å². The zero-order chi connectivity index (χ0) is 9.47. The molecule has 13 heavy (non-hydrogen) atoms. The van der Waals surface area contributed by atoms with Gasteiger partial charge >= 0.3 is 0 Å². The highest BCUT2D eigenvalue weighted by Crippen LogP contribution is 2.50. The summed E-state index contributed by atoms with van der Waals surface area (Å²) < 4.78 is 5.95. The summed E-state index contributed by atoms with van der Waals surface area (Å²) in [5, 5.41) is 3.38. The summed E-state index contributed by atoms with van der Waals surface area (Å²) in [6.45, 7) is 5.57. The fourth-order valence-corrected chi connectivity index (χ4v) is 2.76. The smallest absolute Gasteiger partial charge is 0.0700 e. The van der Waals surface area contributed by atoms with Gasteiger partial charge in [0.25, 0.3) is 0 Å². The molecule has 2 aliphatic rings. The molecule has 1 heterocycles. The van der Waals surface area contributed by atoms with E-state index in [2.05, 4.69) is 26.2 Å². The van der Waals surface area contributed by atoms with Crippen molar-refractivity contribution in [1.29, 1.82) is 0 Å². The van der Waals surface area contributed by atoms with E-state index >= 15 is 0 Å². The van der Waals surface area contributed by atoms with Gasteiger partial charge in [0.15, 0.2) is 0 Å². The van der Waals surface area contributed by atoms with Gasteiger partial charge in [0.05, 0.1) is 5.60 Å². The van der Waals surface area contributed by atoms with E-state index in [0.717, 1.165) is 18.4 Å². The van der Waals surface area contributed by atoms with Crippen LogP contribution in [-0.4, -0.2) is 25.3 Å². The quantitative estimate of drug-likeness (QED) is 0.705. The zero-order valence-electron chi connectivity index (χ0n) is 8.97. The fourth-order valence-electron chi connectivity index (χ4n) is 2.76. The van der Waals surface area contributed by atoms with Crippen LogP contribution in [-0.2, 0) is 4.74 Å². The maximum absolute atomic E-state index is 5.95. The molecule has 0 bridgehead atoms. The first-order chi connectivity index (χ1) is 6.15. The standard InChI is InChI=1S/C11H21NO/c1-8-6-10(8)11(2)7-9(12-3)4-5-13-11/h8-10,12H,4-7H2,1-3H3. The minimum atomic E-state index is 0.172. The van der Waals surface area contributed by atoms with E-state index in [9.17, 15) is 0 Å². The third-order valence-corrected chi connectivity index (χ3v) is 3.85. The van der Waals surface area contributed by atoms with Gasteiger partial charge in [0, 0.05) is 12.6 Å². The van der Waals surface area contributed by atoms with E-state index in [-0.39, 0.29) is 5.60 Å². The van der Waals surface area contributed by atoms with Crippen LogP contribution < -0.4 is 5.32 Å². The fraction of sp³-hybridized carbons (Fsp3) is 1.00. The van der Waals surface area contributed by atoms with E-state index in [1.165, 1.54) is 19.3 Å². The Morgan fingerprint density at radius 1 is 1.46 bits per heavy atom. The van der Waals surface area contributed by atoms with Crippen molar-refractivity contribution in [3.05, 3.63) is 0 Å². The molecule has 2 nitrogen and oxygen atoms in total. The molecule has 4 atom stereocenters. The molecule has 2 heteroatoms. The van der Waals surface area contributed by atoms with Crippen molar-refractivity contribution in [3.63, 3.8) is 0 Å². The molecule has 4 unspecified atom stereocenters. The molecule has 0 spiro atoms. The highest BCUT2D eigenvalue weighted by Gasteiger charge is 2.50. The van der Waals surface area contributed by atoms with Crippen LogP contribution >= 0.6 is 0 Å². The molecule has 2 fully saturated rings. The lowest BCUT2D eigenvalue weighted by molar-refractivity contribution is -0.0921. The van der Waals surface area contributed by atoms with E-state index < -0.39 is 0 Å². The van der Waals surface area contributed by atoms with E-state index in [0.29, 0.717) is 6.04 Å². The lowest BCUT2D eigenvalue weighted by atomic mass is 9.87. The first-order valence-corrected chi connectivity index (χ1v) is 5.47. The van der Waals surface area contributed by atoms with Gasteiger partial charge in [-0.3, -0.25) is 0 Å². The van der Waals surface area contributed by atoms with Crippen molar-refractivity contribution in [1.82, 2.24) is 5.32 Å². The average molecular weight is 183 g/mol. The summed E-state index contributed by atoms with van der Waals surface area (Å²) in [6, 6.07) is 0.673. The molecule has 1 aliphatic carbocycles. The van der Waals surface area contributed by atoms with Crippen molar-refractivity contribution < 1.29 is 4.74 Å². The van der Waals surface area contributed by atoms with Crippen LogP contribution in [0.2, 0.25) is 0 Å². The number of ether oxygens (including phenoxy) is 1. The molecule has 1 saturated heterocycles. The molecule has 0 amide bonds. The SMILES string of the molecule is CNC1CCOC(C)(C2CC2C)C1. The molecule has 0 aromatic heterocycles. The van der Waals surface area contributed by atoms with E-state index in [1.54, 1.807) is 0 Å². The highest BCUT2D eigenvalue weighted by molar-refractivity contribution is 5.01. The molecule has 76 valence electrons. The van der Waals surface area contributed by atoms with Gasteiger partial charge in [-0.05, 0) is 45.1 Å². The molecular formula is C11H21NO. The minimum absolute atomic E-state index is 0.172. The van der Waals surface area contributed by atoms with Crippen molar-refractivity contribution in [2.75, 3.05) is 13.7 Å². The number of hydrogen-bond acceptors (Lipinski definition) is 2. The Morgan fingerprint density at radius 2 is 2.15 bits per heavy atom. The molecule has 0 radical (unpaired) electrons. The van der Waals surface area contributed by atoms with Gasteiger partial charge in [0.2, 0.25) is 0 Å². The third-order valence-electron chi connectivity index (χ3n) is 3.85. The summed E-state index contributed by atoms with van der Waals surface area (Å²) in [4.78, 5) is 0. The summed E-state index contributed by atoms with van der Waals surface area (Å²) in [6.07, 6.45) is 3.73. The lowest BCUT2D eigenvalue weighted by Gasteiger charge is -2.39. The van der Waals surface area contributed by atoms with Gasteiger partial charge in [-0.1, -0.05) is 6.92 Å². The second kappa shape index (κ2) is 3.25. The van der Waals surface area contributed by atoms with Crippen molar-refractivity contribution in [2.45, 2.75) is 44.8 Å². The largest absolute Gasteiger partial charge is 0.375 e. The Bertz CT molecular complexity index is 195. The topological polar surface area (TPSA) is 21.3 Å². The zero-order valence-corrected chi connectivity index (χ0v) is 8.97. The third kappa shape index (κ3) is 1.75. The van der Waals surface area contributed by atoms with Crippen LogP contribution in [0.25, 0.3) is 0 Å². The van der Waals surface area contributed by atoms with Crippen LogP contribution in [0.5, 0.6) is 0 Å². The van der Waals surface area contributed by atoms with Crippen LogP contribution in [0.1, 0.15) is 33.1 Å². The predicted molar refractivity (Wildman–Crippen MR) is 53.7 cm³/mol. The first-order valence-electron chi connectivity index (χ1n) is 5.47. The Kier molecular flexibility index (Phi) is 2.37. The second-order valence-electron chi connectivity index (χ2n) is 4.96. The maximum Gasteiger partial charge on any atom is 0.0700 e. The summed E-state index contributed by atoms with van der Waals surface area (Å²) in [7, 11) is 2.06. The van der Waals surface area contributed by atoms with Gasteiger partial charge in [-0.25, -0.2) is 0 Å². The molecule has 1 saturated carbocycles. The van der Waals surface area contributed by atoms with Crippen LogP contribution in [0.4, 0.5) is 0 Å². The molecule has 1 aliphatic heterocycles. The van der Waals surface area contributed by atoms with Gasteiger partial charge in [0.1, 0.15) is 0 Å². The molecule has 2 rings (SSSR count). The van der Waals surface area contributed by atoms with Crippen molar-refractivity contribution in [3.8, 4) is 0 Å². The van der Waals surface area contributed by atoms with E-state index in [4.69, 9.17) is 4.74 Å². The Balaban J connectivity index is 1.97. The lowest BCUT2D eigenvalue weighted by Crippen LogP contribution is -2.45. The molecule has 0 aromatic carbocycles. The second-order valence-corrected chi connectivity index (χ2v) is 4.96.